The molecule has 3 heterocycles. The normalized spacial score (nSPS) is 20.4. The molecular weight excluding hydrogens is 542 g/mol. The van der Waals surface area contributed by atoms with Gasteiger partial charge >= 0.3 is 12.4 Å². The molecule has 2 aliphatic heterocycles. The Morgan fingerprint density at radius 1 is 1.00 bits per heavy atom. The predicted octanol–water partition coefficient (Wildman–Crippen LogP) is 6.97. The van der Waals surface area contributed by atoms with Crippen LogP contribution < -0.4 is 0 Å². The van der Waals surface area contributed by atoms with Gasteiger partial charge in [0.25, 0.3) is 5.91 Å². The SMILES string of the molecule is O=C1N=C(N2CCCC3(CC3)C2)S/C1=C\c1ccc2c(cnn2Cc2ccc(C(F)(F)F)cc2C(F)(F)F)c1. The minimum absolute atomic E-state index is 0.131. The number of carbonyl (C=O) groups is 1. The summed E-state index contributed by atoms with van der Waals surface area (Å²) in [6.45, 7) is 1.45. The summed E-state index contributed by atoms with van der Waals surface area (Å²) in [5.74, 6) is -0.303. The van der Waals surface area contributed by atoms with E-state index in [0.29, 0.717) is 32.9 Å². The first kappa shape index (κ1) is 26.0. The maximum atomic E-state index is 13.6. The van der Waals surface area contributed by atoms with Crippen molar-refractivity contribution in [2.24, 2.45) is 10.4 Å². The van der Waals surface area contributed by atoms with Crippen LogP contribution >= 0.6 is 11.8 Å². The van der Waals surface area contributed by atoms with E-state index < -0.39 is 23.5 Å². The minimum atomic E-state index is -4.96. The van der Waals surface area contributed by atoms with E-state index in [1.165, 1.54) is 41.9 Å². The number of piperidine rings is 1. The number of fused-ring (bicyclic) bond motifs is 1. The number of alkyl halides is 6. The zero-order valence-electron chi connectivity index (χ0n) is 20.4. The second-order valence-corrected chi connectivity index (χ2v) is 11.3. The third kappa shape index (κ3) is 5.18. The van der Waals surface area contributed by atoms with E-state index in [2.05, 4.69) is 15.0 Å². The lowest BCUT2D eigenvalue weighted by Crippen LogP contribution is -2.38. The molecule has 204 valence electrons. The van der Waals surface area contributed by atoms with Crippen molar-refractivity contribution in [3.8, 4) is 0 Å². The highest BCUT2D eigenvalue weighted by atomic mass is 32.2. The van der Waals surface area contributed by atoms with E-state index in [1.807, 2.05) is 0 Å². The van der Waals surface area contributed by atoms with E-state index >= 15 is 0 Å². The second kappa shape index (κ2) is 9.14. The maximum Gasteiger partial charge on any atom is 0.416 e. The molecule has 0 radical (unpaired) electrons. The number of aromatic nitrogens is 2. The summed E-state index contributed by atoms with van der Waals surface area (Å²) >= 11 is 1.35. The van der Waals surface area contributed by atoms with Crippen LogP contribution in [0.3, 0.4) is 0 Å². The van der Waals surface area contributed by atoms with E-state index in [-0.39, 0.29) is 24.1 Å². The average molecular weight is 565 g/mol. The first-order chi connectivity index (χ1) is 18.4. The van der Waals surface area contributed by atoms with Crippen LogP contribution in [0.2, 0.25) is 0 Å². The summed E-state index contributed by atoms with van der Waals surface area (Å²) < 4.78 is 81.1. The van der Waals surface area contributed by atoms with Gasteiger partial charge in [0, 0.05) is 18.5 Å². The van der Waals surface area contributed by atoms with E-state index in [4.69, 9.17) is 0 Å². The summed E-state index contributed by atoms with van der Waals surface area (Å²) in [4.78, 5) is 19.6. The molecule has 39 heavy (non-hydrogen) atoms. The van der Waals surface area contributed by atoms with E-state index in [0.717, 1.165) is 30.7 Å². The molecule has 0 bridgehead atoms. The molecule has 1 aromatic heterocycles. The average Bonchev–Trinajstić information content (AvgIpc) is 3.32. The number of nitrogens with zero attached hydrogens (tertiary/aromatic N) is 4. The molecule has 1 amide bonds. The van der Waals surface area contributed by atoms with Gasteiger partial charge in [0.2, 0.25) is 0 Å². The van der Waals surface area contributed by atoms with Gasteiger partial charge in [0.1, 0.15) is 0 Å². The largest absolute Gasteiger partial charge is 0.416 e. The molecule has 0 N–H and O–H groups in total. The molecule has 1 saturated heterocycles. The Bertz CT molecular complexity index is 1530. The molecule has 2 fully saturated rings. The van der Waals surface area contributed by atoms with Gasteiger partial charge in [-0.05, 0) is 84.3 Å². The van der Waals surface area contributed by atoms with Crippen molar-refractivity contribution in [3.05, 3.63) is 69.8 Å². The quantitative estimate of drug-likeness (QED) is 0.255. The number of rotatable bonds is 3. The fraction of sp³-hybridized carbons (Fsp3) is 0.370. The van der Waals surface area contributed by atoms with Crippen molar-refractivity contribution in [2.45, 2.75) is 44.6 Å². The van der Waals surface area contributed by atoms with Crippen molar-refractivity contribution in [2.75, 3.05) is 13.1 Å². The Balaban J connectivity index is 1.22. The van der Waals surface area contributed by atoms with Crippen molar-refractivity contribution in [3.63, 3.8) is 0 Å². The summed E-state index contributed by atoms with van der Waals surface area (Å²) in [7, 11) is 0. The van der Waals surface area contributed by atoms with Crippen LogP contribution in [-0.4, -0.2) is 38.8 Å². The number of amidine groups is 1. The molecule has 1 aliphatic carbocycles. The molecule has 0 unspecified atom stereocenters. The van der Waals surface area contributed by atoms with Crippen LogP contribution in [0.15, 0.2) is 52.5 Å². The number of benzene rings is 2. The molecule has 2 aromatic carbocycles. The molecule has 3 aromatic rings. The van der Waals surface area contributed by atoms with Crippen LogP contribution in [0.1, 0.15) is 47.9 Å². The fourth-order valence-corrected chi connectivity index (χ4v) is 6.22. The molecular formula is C27H22F6N4OS. The van der Waals surface area contributed by atoms with Crippen LogP contribution in [0.5, 0.6) is 0 Å². The number of amides is 1. The Kier molecular flexibility index (Phi) is 6.09. The topological polar surface area (TPSA) is 50.5 Å². The van der Waals surface area contributed by atoms with Crippen molar-refractivity contribution in [1.29, 1.82) is 0 Å². The molecule has 6 rings (SSSR count). The summed E-state index contributed by atoms with van der Waals surface area (Å²) in [6.07, 6.45) is -1.88. The predicted molar refractivity (Wildman–Crippen MR) is 136 cm³/mol. The van der Waals surface area contributed by atoms with Gasteiger partial charge in [-0.1, -0.05) is 12.1 Å². The third-order valence-corrected chi connectivity index (χ3v) is 8.57. The highest BCUT2D eigenvalue weighted by Crippen LogP contribution is 2.52. The molecule has 1 spiro atoms. The number of likely N-dealkylation sites (tertiary alicyclic amines) is 1. The molecule has 5 nitrogen and oxygen atoms in total. The Morgan fingerprint density at radius 2 is 1.79 bits per heavy atom. The highest BCUT2D eigenvalue weighted by Gasteiger charge is 2.46. The Hall–Kier alpha value is -3.28. The number of hydrogen-bond acceptors (Lipinski definition) is 4. The number of carbonyl (C=O) groups excluding carboxylic acids is 1. The van der Waals surface area contributed by atoms with Gasteiger partial charge < -0.3 is 4.90 Å². The zero-order chi connectivity index (χ0) is 27.6. The number of hydrogen-bond donors (Lipinski definition) is 0. The maximum absolute atomic E-state index is 13.6. The molecule has 1 saturated carbocycles. The number of halogens is 6. The van der Waals surface area contributed by atoms with Gasteiger partial charge in [-0.25, -0.2) is 0 Å². The summed E-state index contributed by atoms with van der Waals surface area (Å²) in [5.41, 5.74) is -1.43. The third-order valence-electron chi connectivity index (χ3n) is 7.52. The van der Waals surface area contributed by atoms with E-state index in [1.54, 1.807) is 24.3 Å². The summed E-state index contributed by atoms with van der Waals surface area (Å²) in [5, 5.41) is 5.51. The highest BCUT2D eigenvalue weighted by molar-refractivity contribution is 8.18. The number of thioether (sulfide) groups is 1. The van der Waals surface area contributed by atoms with Gasteiger partial charge in [-0.15, -0.1) is 0 Å². The lowest BCUT2D eigenvalue weighted by atomic mass is 9.96. The zero-order valence-corrected chi connectivity index (χ0v) is 21.3. The molecule has 0 atom stereocenters. The summed E-state index contributed by atoms with van der Waals surface area (Å²) in [6, 6.07) is 6.76. The fourth-order valence-electron chi connectivity index (χ4n) is 5.28. The van der Waals surface area contributed by atoms with Gasteiger partial charge in [-0.2, -0.15) is 36.4 Å². The second-order valence-electron chi connectivity index (χ2n) is 10.3. The van der Waals surface area contributed by atoms with Crippen LogP contribution in [0.25, 0.3) is 17.0 Å². The van der Waals surface area contributed by atoms with Gasteiger partial charge in [0.05, 0.1) is 34.3 Å². The number of aliphatic imine (C=N–C) groups is 1. The lowest BCUT2D eigenvalue weighted by molar-refractivity contribution is -0.143. The lowest BCUT2D eigenvalue weighted by Gasteiger charge is -2.33. The monoisotopic (exact) mass is 564 g/mol. The van der Waals surface area contributed by atoms with Crippen molar-refractivity contribution < 1.29 is 31.1 Å². The first-order valence-corrected chi connectivity index (χ1v) is 13.2. The van der Waals surface area contributed by atoms with Crippen molar-refractivity contribution >= 4 is 39.8 Å². The van der Waals surface area contributed by atoms with Crippen molar-refractivity contribution in [1.82, 2.24) is 14.7 Å². The standard InChI is InChI=1S/C27H22F6N4OS/c28-26(29,30)19-4-3-17(20(12-19)27(31,32)33)14-37-21-5-2-16(10-18(21)13-34-37)11-22-23(38)35-24(39-22)36-9-1-6-25(15-36)7-8-25/h2-5,10-13H,1,6-9,14-15H2/b22-11-. The smallest absolute Gasteiger partial charge is 0.350 e. The Labute approximate surface area is 223 Å². The van der Waals surface area contributed by atoms with E-state index in [9.17, 15) is 31.1 Å². The molecule has 12 heteroatoms. The van der Waals surface area contributed by atoms with Crippen LogP contribution in [0.4, 0.5) is 26.3 Å². The van der Waals surface area contributed by atoms with Crippen LogP contribution in [-0.2, 0) is 23.7 Å². The first-order valence-electron chi connectivity index (χ1n) is 12.4. The Morgan fingerprint density at radius 3 is 2.51 bits per heavy atom. The van der Waals surface area contributed by atoms with Crippen LogP contribution in [0, 0.1) is 5.41 Å². The van der Waals surface area contributed by atoms with Gasteiger partial charge in [-0.3, -0.25) is 9.48 Å². The molecule has 3 aliphatic rings. The van der Waals surface area contributed by atoms with Gasteiger partial charge in [0.15, 0.2) is 5.17 Å². The minimum Gasteiger partial charge on any atom is -0.350 e.